The van der Waals surface area contributed by atoms with Gasteiger partial charge in [0.15, 0.2) is 5.78 Å². The molecule has 2 N–H and O–H groups in total. The van der Waals surface area contributed by atoms with Crippen molar-refractivity contribution in [3.8, 4) is 0 Å². The highest BCUT2D eigenvalue weighted by Crippen LogP contribution is 2.65. The lowest BCUT2D eigenvalue weighted by Crippen LogP contribution is -2.54. The third-order valence-corrected chi connectivity index (χ3v) is 8.52. The van der Waals surface area contributed by atoms with Crippen molar-refractivity contribution in [1.29, 1.82) is 0 Å². The number of rotatable bonds is 3. The van der Waals surface area contributed by atoms with Gasteiger partial charge in [0.1, 0.15) is 6.61 Å². The summed E-state index contributed by atoms with van der Waals surface area (Å²) in [6.07, 6.45) is 12.9. The van der Waals surface area contributed by atoms with Crippen molar-refractivity contribution in [2.45, 2.75) is 64.7 Å². The van der Waals surface area contributed by atoms with E-state index in [1.807, 2.05) is 0 Å². The summed E-state index contributed by atoms with van der Waals surface area (Å²) in [5.41, 5.74) is 1.60. The fourth-order valence-corrected chi connectivity index (χ4v) is 7.31. The van der Waals surface area contributed by atoms with Crippen LogP contribution in [0.4, 0.5) is 0 Å². The third kappa shape index (κ3) is 2.13. The van der Waals surface area contributed by atoms with Gasteiger partial charge in [0, 0.05) is 12.5 Å². The third-order valence-electron chi connectivity index (χ3n) is 8.52. The Hall–Kier alpha value is -0.670. The molecule has 4 aliphatic rings. The van der Waals surface area contributed by atoms with Crippen LogP contribution >= 0.6 is 0 Å². The van der Waals surface area contributed by atoms with E-state index in [-0.39, 0.29) is 29.1 Å². The Balaban J connectivity index is 1.66. The lowest BCUT2D eigenvalue weighted by Gasteiger charge is -2.59. The monoisotopic (exact) mass is 332 g/mol. The minimum Gasteiger partial charge on any atom is -0.396 e. The van der Waals surface area contributed by atoms with E-state index < -0.39 is 0 Å². The summed E-state index contributed by atoms with van der Waals surface area (Å²) in [5, 5.41) is 19.8. The van der Waals surface area contributed by atoms with Crippen molar-refractivity contribution < 1.29 is 15.0 Å². The predicted molar refractivity (Wildman–Crippen MR) is 93.3 cm³/mol. The maximum absolute atomic E-state index is 12.3. The number of carbonyl (C=O) groups excluding carboxylic acids is 1. The summed E-state index contributed by atoms with van der Waals surface area (Å²) in [6.45, 7) is 2.29. The van der Waals surface area contributed by atoms with E-state index in [0.717, 1.165) is 19.3 Å². The zero-order chi connectivity index (χ0) is 16.9. The van der Waals surface area contributed by atoms with Gasteiger partial charge in [-0.2, -0.15) is 0 Å². The van der Waals surface area contributed by atoms with Crippen LogP contribution in [0.3, 0.4) is 0 Å². The Morgan fingerprint density at radius 2 is 2.00 bits per heavy atom. The largest absolute Gasteiger partial charge is 0.396 e. The first kappa shape index (κ1) is 16.8. The first-order chi connectivity index (χ1) is 11.6. The molecule has 3 saturated carbocycles. The highest BCUT2D eigenvalue weighted by Gasteiger charge is 2.59. The van der Waals surface area contributed by atoms with E-state index in [2.05, 4.69) is 13.0 Å². The summed E-state index contributed by atoms with van der Waals surface area (Å²) >= 11 is 0. The number of aliphatic hydroxyl groups excluding tert-OH is 2. The van der Waals surface area contributed by atoms with Crippen molar-refractivity contribution in [3.05, 3.63) is 11.6 Å². The zero-order valence-electron chi connectivity index (χ0n) is 15.0. The van der Waals surface area contributed by atoms with Crippen molar-refractivity contribution in [1.82, 2.24) is 0 Å². The highest BCUT2D eigenvalue weighted by atomic mass is 16.3. The first-order valence-corrected chi connectivity index (χ1v) is 10.0. The number of carbonyl (C=O) groups is 1. The summed E-state index contributed by atoms with van der Waals surface area (Å²) < 4.78 is 0. The molecule has 0 amide bonds. The highest BCUT2D eigenvalue weighted by molar-refractivity contribution is 5.84. The predicted octanol–water partition coefficient (Wildman–Crippen LogP) is 3.49. The second kappa shape index (κ2) is 5.95. The molecule has 0 heterocycles. The van der Waals surface area contributed by atoms with Gasteiger partial charge in [-0.25, -0.2) is 0 Å². The standard InChI is InChI=1S/C21H32O3/c1-20-11-9-17-15(16(20)7-8-18(20)19(24)12-22)6-5-14-4-2-3-10-21(14,17)13-23/h7,14-15,17-18,22-23H,2-6,8-13H2,1H3/t14-,15+,17+,18-,20+,21-/m1/s1. The number of fused-ring (bicyclic) bond motifs is 5. The van der Waals surface area contributed by atoms with Crippen LogP contribution in [0, 0.1) is 34.5 Å². The lowest BCUT2D eigenvalue weighted by atomic mass is 9.45. The van der Waals surface area contributed by atoms with Crippen LogP contribution in [0.15, 0.2) is 11.6 Å². The molecular weight excluding hydrogens is 300 g/mol. The van der Waals surface area contributed by atoms with E-state index in [1.165, 1.54) is 44.1 Å². The molecule has 0 spiro atoms. The molecule has 3 nitrogen and oxygen atoms in total. The Morgan fingerprint density at radius 3 is 2.75 bits per heavy atom. The maximum atomic E-state index is 12.3. The fourth-order valence-electron chi connectivity index (χ4n) is 7.31. The summed E-state index contributed by atoms with van der Waals surface area (Å²) in [7, 11) is 0. The Morgan fingerprint density at radius 1 is 1.17 bits per heavy atom. The van der Waals surface area contributed by atoms with Gasteiger partial charge in [-0.05, 0) is 73.5 Å². The molecule has 3 heteroatoms. The SMILES string of the molecule is C[C@]12CC[C@H]3[C@@H](CC[C@H]4CCCC[C@@]43CO)C1=CC[C@@H]2C(=O)CO. The fraction of sp³-hybridized carbons (Fsp3) is 0.857. The molecule has 0 aromatic heterocycles. The topological polar surface area (TPSA) is 57.5 Å². The minimum atomic E-state index is -0.321. The summed E-state index contributed by atoms with van der Waals surface area (Å²) in [6, 6.07) is 0. The lowest BCUT2D eigenvalue weighted by molar-refractivity contribution is -0.131. The molecule has 24 heavy (non-hydrogen) atoms. The first-order valence-electron chi connectivity index (χ1n) is 10.0. The van der Waals surface area contributed by atoms with E-state index in [4.69, 9.17) is 0 Å². The number of ketones is 1. The van der Waals surface area contributed by atoms with Crippen LogP contribution in [0.25, 0.3) is 0 Å². The van der Waals surface area contributed by atoms with Crippen LogP contribution in [0.5, 0.6) is 0 Å². The average Bonchev–Trinajstić information content (AvgIpc) is 2.97. The van der Waals surface area contributed by atoms with E-state index in [0.29, 0.717) is 24.4 Å². The molecule has 0 bridgehead atoms. The zero-order valence-corrected chi connectivity index (χ0v) is 15.0. The number of hydrogen-bond donors (Lipinski definition) is 2. The van der Waals surface area contributed by atoms with Crippen molar-refractivity contribution in [3.63, 3.8) is 0 Å². The molecule has 0 aliphatic heterocycles. The quantitative estimate of drug-likeness (QED) is 0.778. The number of allylic oxidation sites excluding steroid dienone is 2. The van der Waals surface area contributed by atoms with Crippen LogP contribution in [0.1, 0.15) is 64.7 Å². The number of hydrogen-bond acceptors (Lipinski definition) is 3. The normalized spacial score (nSPS) is 47.4. The molecular formula is C21H32O3. The number of aliphatic hydroxyl groups is 2. The van der Waals surface area contributed by atoms with Crippen LogP contribution < -0.4 is 0 Å². The van der Waals surface area contributed by atoms with E-state index >= 15 is 0 Å². The molecule has 6 atom stereocenters. The summed E-state index contributed by atoms with van der Waals surface area (Å²) in [4.78, 5) is 12.3. The van der Waals surface area contributed by atoms with Gasteiger partial charge < -0.3 is 10.2 Å². The van der Waals surface area contributed by atoms with Crippen LogP contribution in [-0.4, -0.2) is 29.2 Å². The molecule has 0 aromatic rings. The van der Waals surface area contributed by atoms with Crippen molar-refractivity contribution in [2.75, 3.05) is 13.2 Å². The van der Waals surface area contributed by atoms with Gasteiger partial charge in [0.25, 0.3) is 0 Å². The van der Waals surface area contributed by atoms with Gasteiger partial charge in [-0.3, -0.25) is 4.79 Å². The Bertz CT molecular complexity index is 553. The summed E-state index contributed by atoms with van der Waals surface area (Å²) in [5.74, 6) is 1.86. The van der Waals surface area contributed by atoms with Gasteiger partial charge >= 0.3 is 0 Å². The van der Waals surface area contributed by atoms with Crippen molar-refractivity contribution in [2.24, 2.45) is 34.5 Å². The van der Waals surface area contributed by atoms with Gasteiger partial charge in [0.05, 0.1) is 0 Å². The molecule has 3 fully saturated rings. The average molecular weight is 332 g/mol. The Kier molecular flexibility index (Phi) is 4.16. The maximum Gasteiger partial charge on any atom is 0.162 e. The second-order valence-electron chi connectivity index (χ2n) is 9.15. The minimum absolute atomic E-state index is 0.0189. The number of Topliss-reactive ketones (excluding diaryl/α,β-unsaturated/α-hetero) is 1. The molecule has 0 unspecified atom stereocenters. The molecule has 134 valence electrons. The second-order valence-corrected chi connectivity index (χ2v) is 9.15. The van der Waals surface area contributed by atoms with Gasteiger partial charge in [-0.1, -0.05) is 31.4 Å². The molecule has 4 rings (SSSR count). The van der Waals surface area contributed by atoms with Crippen LogP contribution in [-0.2, 0) is 4.79 Å². The van der Waals surface area contributed by atoms with Crippen molar-refractivity contribution >= 4 is 5.78 Å². The van der Waals surface area contributed by atoms with E-state index in [1.54, 1.807) is 0 Å². The molecule has 0 radical (unpaired) electrons. The molecule has 0 saturated heterocycles. The smallest absolute Gasteiger partial charge is 0.162 e. The molecule has 0 aromatic carbocycles. The van der Waals surface area contributed by atoms with E-state index in [9.17, 15) is 15.0 Å². The van der Waals surface area contributed by atoms with Gasteiger partial charge in [0.2, 0.25) is 0 Å². The Labute approximate surface area is 145 Å². The van der Waals surface area contributed by atoms with Gasteiger partial charge in [-0.15, -0.1) is 0 Å². The molecule has 4 aliphatic carbocycles. The van der Waals surface area contributed by atoms with Crippen LogP contribution in [0.2, 0.25) is 0 Å².